The molecule has 6 heteroatoms. The molecule has 0 saturated carbocycles. The summed E-state index contributed by atoms with van der Waals surface area (Å²) < 4.78 is 11.3. The van der Waals surface area contributed by atoms with Gasteiger partial charge in [-0.15, -0.1) is 11.3 Å². The second-order valence-electron chi connectivity index (χ2n) is 7.12. The van der Waals surface area contributed by atoms with Crippen LogP contribution in [0.25, 0.3) is 0 Å². The minimum Gasteiger partial charge on any atom is -0.491 e. The predicted octanol–water partition coefficient (Wildman–Crippen LogP) is 3.26. The number of hydrogen-bond donors (Lipinski definition) is 0. The lowest BCUT2D eigenvalue weighted by Crippen LogP contribution is -2.48. The smallest absolute Gasteiger partial charge is 0.253 e. The standard InChI is InChI=1S/C21H26N2O3S/c24-21(23-11-9-22(10-12-23)15-20-4-2-14-27-20)17-5-7-18(8-6-17)26-16-19-3-1-13-25-19/h2,4-8,14,19H,1,3,9-13,15-16H2/t19-/m1/s1. The molecule has 0 N–H and O–H groups in total. The molecule has 2 aliphatic heterocycles. The molecule has 5 nitrogen and oxygen atoms in total. The molecule has 2 saturated heterocycles. The van der Waals surface area contributed by atoms with Gasteiger partial charge in [0.2, 0.25) is 0 Å². The Bertz CT molecular complexity index is 718. The molecule has 0 unspecified atom stereocenters. The highest BCUT2D eigenvalue weighted by molar-refractivity contribution is 7.09. The van der Waals surface area contributed by atoms with Crippen molar-refractivity contribution in [1.82, 2.24) is 9.80 Å². The van der Waals surface area contributed by atoms with Crippen LogP contribution in [0, 0.1) is 0 Å². The van der Waals surface area contributed by atoms with E-state index in [0.29, 0.717) is 6.61 Å². The molecule has 3 heterocycles. The SMILES string of the molecule is O=C(c1ccc(OC[C@H]2CCCO2)cc1)N1CCN(Cc2cccs2)CC1. The fourth-order valence-electron chi connectivity index (χ4n) is 3.57. The second-order valence-corrected chi connectivity index (χ2v) is 8.15. The summed E-state index contributed by atoms with van der Waals surface area (Å²) in [5, 5.41) is 2.11. The predicted molar refractivity (Wildman–Crippen MR) is 106 cm³/mol. The molecule has 2 aromatic rings. The van der Waals surface area contributed by atoms with Crippen molar-refractivity contribution in [3.05, 3.63) is 52.2 Å². The van der Waals surface area contributed by atoms with Crippen LogP contribution in [0.4, 0.5) is 0 Å². The van der Waals surface area contributed by atoms with Crippen LogP contribution < -0.4 is 4.74 Å². The second kappa shape index (κ2) is 8.87. The zero-order valence-corrected chi connectivity index (χ0v) is 16.3. The van der Waals surface area contributed by atoms with Crippen molar-refractivity contribution in [2.24, 2.45) is 0 Å². The monoisotopic (exact) mass is 386 g/mol. The summed E-state index contributed by atoms with van der Waals surface area (Å²) in [6.45, 7) is 5.80. The van der Waals surface area contributed by atoms with Crippen molar-refractivity contribution in [2.45, 2.75) is 25.5 Å². The molecule has 1 amide bonds. The maximum absolute atomic E-state index is 12.8. The lowest BCUT2D eigenvalue weighted by Gasteiger charge is -2.34. The average molecular weight is 387 g/mol. The first-order valence-electron chi connectivity index (χ1n) is 9.66. The Labute approximate surface area is 164 Å². The summed E-state index contributed by atoms with van der Waals surface area (Å²) in [4.78, 5) is 18.5. The zero-order valence-electron chi connectivity index (χ0n) is 15.5. The lowest BCUT2D eigenvalue weighted by molar-refractivity contribution is 0.0628. The quantitative estimate of drug-likeness (QED) is 0.764. The topological polar surface area (TPSA) is 42.0 Å². The zero-order chi connectivity index (χ0) is 18.5. The van der Waals surface area contributed by atoms with E-state index in [4.69, 9.17) is 9.47 Å². The summed E-state index contributed by atoms with van der Waals surface area (Å²) in [5.41, 5.74) is 0.728. The number of benzene rings is 1. The van der Waals surface area contributed by atoms with Gasteiger partial charge in [0.05, 0.1) is 6.10 Å². The van der Waals surface area contributed by atoms with Gasteiger partial charge in [-0.25, -0.2) is 0 Å². The number of nitrogens with zero attached hydrogens (tertiary/aromatic N) is 2. The Morgan fingerprint density at radius 2 is 1.96 bits per heavy atom. The van der Waals surface area contributed by atoms with Gasteiger partial charge in [0.25, 0.3) is 5.91 Å². The van der Waals surface area contributed by atoms with Crippen LogP contribution in [0.5, 0.6) is 5.75 Å². The van der Waals surface area contributed by atoms with Crippen LogP contribution in [-0.2, 0) is 11.3 Å². The Balaban J connectivity index is 1.25. The number of hydrogen-bond acceptors (Lipinski definition) is 5. The van der Waals surface area contributed by atoms with E-state index in [1.165, 1.54) is 4.88 Å². The van der Waals surface area contributed by atoms with Crippen LogP contribution in [-0.4, -0.2) is 61.2 Å². The van der Waals surface area contributed by atoms with E-state index in [-0.39, 0.29) is 12.0 Å². The first-order valence-corrected chi connectivity index (χ1v) is 10.5. The number of thiophene rings is 1. The minimum atomic E-state index is 0.108. The van der Waals surface area contributed by atoms with E-state index in [0.717, 1.165) is 63.5 Å². The van der Waals surface area contributed by atoms with Gasteiger partial charge >= 0.3 is 0 Å². The maximum atomic E-state index is 12.8. The molecule has 0 spiro atoms. The van der Waals surface area contributed by atoms with Gasteiger partial charge < -0.3 is 14.4 Å². The molecule has 144 valence electrons. The molecule has 1 aromatic carbocycles. The molecule has 0 bridgehead atoms. The Morgan fingerprint density at radius 1 is 1.15 bits per heavy atom. The number of piperazine rings is 1. The van der Waals surface area contributed by atoms with Crippen molar-refractivity contribution in [2.75, 3.05) is 39.4 Å². The first kappa shape index (κ1) is 18.5. The third kappa shape index (κ3) is 4.89. The van der Waals surface area contributed by atoms with Gasteiger partial charge in [0, 0.05) is 49.8 Å². The number of ether oxygens (including phenoxy) is 2. The fourth-order valence-corrected chi connectivity index (χ4v) is 4.32. The highest BCUT2D eigenvalue weighted by Gasteiger charge is 2.22. The number of rotatable bonds is 6. The molecular formula is C21H26N2O3S. The molecule has 27 heavy (non-hydrogen) atoms. The summed E-state index contributed by atoms with van der Waals surface area (Å²) in [7, 11) is 0. The van der Waals surface area contributed by atoms with Crippen molar-refractivity contribution in [3.63, 3.8) is 0 Å². The van der Waals surface area contributed by atoms with Gasteiger partial charge in [0.1, 0.15) is 12.4 Å². The van der Waals surface area contributed by atoms with Crippen LogP contribution in [0.3, 0.4) is 0 Å². The molecule has 0 aliphatic carbocycles. The molecule has 2 aliphatic rings. The largest absolute Gasteiger partial charge is 0.491 e. The summed E-state index contributed by atoms with van der Waals surface area (Å²) in [6.07, 6.45) is 2.38. The summed E-state index contributed by atoms with van der Waals surface area (Å²) >= 11 is 1.79. The fraction of sp³-hybridized carbons (Fsp3) is 0.476. The van der Waals surface area contributed by atoms with E-state index in [2.05, 4.69) is 22.4 Å². The van der Waals surface area contributed by atoms with Crippen molar-refractivity contribution >= 4 is 17.2 Å². The molecular weight excluding hydrogens is 360 g/mol. The van der Waals surface area contributed by atoms with Gasteiger partial charge in [-0.3, -0.25) is 9.69 Å². The van der Waals surface area contributed by atoms with Crippen molar-refractivity contribution in [3.8, 4) is 5.75 Å². The minimum absolute atomic E-state index is 0.108. The Kier molecular flexibility index (Phi) is 6.07. The van der Waals surface area contributed by atoms with Gasteiger partial charge in [0.15, 0.2) is 0 Å². The molecule has 4 rings (SSSR count). The number of carbonyl (C=O) groups excluding carboxylic acids is 1. The number of carbonyl (C=O) groups is 1. The van der Waals surface area contributed by atoms with E-state index in [1.54, 1.807) is 11.3 Å². The molecule has 1 atom stereocenters. The molecule has 1 aromatic heterocycles. The van der Waals surface area contributed by atoms with E-state index in [1.807, 2.05) is 29.2 Å². The molecule has 2 fully saturated rings. The Hall–Kier alpha value is -1.89. The third-order valence-corrected chi connectivity index (χ3v) is 6.04. The average Bonchev–Trinajstić information content (AvgIpc) is 3.41. The maximum Gasteiger partial charge on any atom is 0.253 e. The van der Waals surface area contributed by atoms with Gasteiger partial charge in [-0.1, -0.05) is 6.07 Å². The van der Waals surface area contributed by atoms with Crippen molar-refractivity contribution < 1.29 is 14.3 Å². The third-order valence-electron chi connectivity index (χ3n) is 5.18. The van der Waals surface area contributed by atoms with E-state index in [9.17, 15) is 4.79 Å². The van der Waals surface area contributed by atoms with Crippen molar-refractivity contribution in [1.29, 1.82) is 0 Å². The van der Waals surface area contributed by atoms with Crippen LogP contribution in [0.15, 0.2) is 41.8 Å². The highest BCUT2D eigenvalue weighted by atomic mass is 32.1. The lowest BCUT2D eigenvalue weighted by atomic mass is 10.1. The summed E-state index contributed by atoms with van der Waals surface area (Å²) in [6, 6.07) is 11.8. The normalized spacial score (nSPS) is 20.7. The van der Waals surface area contributed by atoms with Crippen LogP contribution >= 0.6 is 11.3 Å². The van der Waals surface area contributed by atoms with Gasteiger partial charge in [-0.2, -0.15) is 0 Å². The first-order chi connectivity index (χ1) is 13.3. The highest BCUT2D eigenvalue weighted by Crippen LogP contribution is 2.18. The van der Waals surface area contributed by atoms with Crippen LogP contribution in [0.1, 0.15) is 28.1 Å². The van der Waals surface area contributed by atoms with Crippen LogP contribution in [0.2, 0.25) is 0 Å². The van der Waals surface area contributed by atoms with E-state index < -0.39 is 0 Å². The van der Waals surface area contributed by atoms with E-state index >= 15 is 0 Å². The molecule has 0 radical (unpaired) electrons. The Morgan fingerprint density at radius 3 is 2.63 bits per heavy atom. The number of amides is 1. The van der Waals surface area contributed by atoms with Gasteiger partial charge in [-0.05, 0) is 48.6 Å². The summed E-state index contributed by atoms with van der Waals surface area (Å²) in [5.74, 6) is 0.902.